The third-order valence-electron chi connectivity index (χ3n) is 1.33. The van der Waals surface area contributed by atoms with Crippen molar-refractivity contribution >= 4 is 21.7 Å². The van der Waals surface area contributed by atoms with Gasteiger partial charge in [0.05, 0.1) is 5.33 Å². The number of halogens is 1. The number of Topliss-reactive ketones (excluding diaryl/α,β-unsaturated/α-hetero) is 1. The maximum Gasteiger partial charge on any atom is 0.173 e. The fraction of sp³-hybridized carbons (Fsp3) is 0.222. The lowest BCUT2D eigenvalue weighted by molar-refractivity contribution is 0.102. The fourth-order valence-corrected chi connectivity index (χ4v) is 1.06. The Balaban J connectivity index is 2.95. The first kappa shape index (κ1) is 5.09. The van der Waals surface area contributed by atoms with E-state index in [9.17, 15) is 4.79 Å². The predicted octanol–water partition coefficient (Wildman–Crippen LogP) is 2.57. The fourth-order valence-electron chi connectivity index (χ4n) is 0.733. The second-order valence-corrected chi connectivity index (χ2v) is 2.69. The minimum Gasteiger partial charge on any atom is -0.293 e. The Morgan fingerprint density at radius 3 is 2.64 bits per heavy atom. The number of alkyl halides is 1. The van der Waals surface area contributed by atoms with Gasteiger partial charge in [-0.05, 0) is 6.85 Å². The summed E-state index contributed by atoms with van der Waals surface area (Å²) in [6.07, 6.45) is 0. The molecule has 1 aromatic rings. The SMILES string of the molecule is [2H]C([2H])([2H])c1ccc(C(=O)CBr)cc1. The number of ketones is 1. The topological polar surface area (TPSA) is 17.1 Å². The van der Waals surface area contributed by atoms with Crippen molar-refractivity contribution in [2.24, 2.45) is 0 Å². The summed E-state index contributed by atoms with van der Waals surface area (Å²) in [4.78, 5) is 11.2. The van der Waals surface area contributed by atoms with Crippen molar-refractivity contribution in [3.05, 3.63) is 35.4 Å². The van der Waals surface area contributed by atoms with E-state index in [4.69, 9.17) is 4.11 Å². The molecule has 58 valence electrons. The molecule has 0 saturated carbocycles. The maximum atomic E-state index is 11.2. The summed E-state index contributed by atoms with van der Waals surface area (Å²) in [5.41, 5.74) is 0.776. The summed E-state index contributed by atoms with van der Waals surface area (Å²) >= 11 is 3.05. The first-order valence-electron chi connectivity index (χ1n) is 4.65. The van der Waals surface area contributed by atoms with Crippen LogP contribution in [-0.2, 0) is 0 Å². The van der Waals surface area contributed by atoms with E-state index >= 15 is 0 Å². The zero-order chi connectivity index (χ0) is 10.8. The minimum atomic E-state index is -2.10. The summed E-state index contributed by atoms with van der Waals surface area (Å²) in [5.74, 6) is -0.0536. The van der Waals surface area contributed by atoms with E-state index in [1.807, 2.05) is 0 Å². The molecular weight excluding hydrogens is 204 g/mol. The second-order valence-electron chi connectivity index (χ2n) is 2.13. The van der Waals surface area contributed by atoms with E-state index in [1.54, 1.807) is 0 Å². The molecule has 0 fully saturated rings. The molecule has 0 aliphatic carbocycles. The first-order valence-corrected chi connectivity index (χ1v) is 4.27. The highest BCUT2D eigenvalue weighted by molar-refractivity contribution is 9.09. The van der Waals surface area contributed by atoms with E-state index in [2.05, 4.69) is 15.9 Å². The van der Waals surface area contributed by atoms with Gasteiger partial charge in [-0.15, -0.1) is 0 Å². The van der Waals surface area contributed by atoms with Crippen molar-refractivity contribution in [1.82, 2.24) is 0 Å². The van der Waals surface area contributed by atoms with Gasteiger partial charge in [0.25, 0.3) is 0 Å². The number of carbonyl (C=O) groups is 1. The van der Waals surface area contributed by atoms with Crippen LogP contribution in [0.1, 0.15) is 20.0 Å². The summed E-state index contributed by atoms with van der Waals surface area (Å²) < 4.78 is 21.4. The molecule has 0 heterocycles. The number of benzene rings is 1. The van der Waals surface area contributed by atoms with Crippen LogP contribution in [0.25, 0.3) is 0 Å². The number of hydrogen-bond acceptors (Lipinski definition) is 1. The smallest absolute Gasteiger partial charge is 0.173 e. The lowest BCUT2D eigenvalue weighted by atomic mass is 10.1. The molecule has 0 bridgehead atoms. The molecule has 1 aromatic carbocycles. The zero-order valence-electron chi connectivity index (χ0n) is 8.80. The predicted molar refractivity (Wildman–Crippen MR) is 49.3 cm³/mol. The zero-order valence-corrected chi connectivity index (χ0v) is 7.39. The standard InChI is InChI=1S/C9H9BrO/c1-7-2-4-8(5-3-7)9(11)6-10/h2-5H,6H2,1H3/i1D3. The molecule has 0 unspecified atom stereocenters. The molecule has 0 aliphatic heterocycles. The number of aryl methyl sites for hydroxylation is 1. The Bertz CT molecular complexity index is 329. The molecule has 0 aromatic heterocycles. The molecule has 0 aliphatic rings. The van der Waals surface area contributed by atoms with Crippen LogP contribution in [-0.4, -0.2) is 11.1 Å². The van der Waals surface area contributed by atoms with Crippen LogP contribution in [0.2, 0.25) is 0 Å². The lowest BCUT2D eigenvalue weighted by Crippen LogP contribution is -1.98. The highest BCUT2D eigenvalue weighted by Crippen LogP contribution is 2.04. The van der Waals surface area contributed by atoms with Gasteiger partial charge < -0.3 is 0 Å². The second kappa shape index (κ2) is 3.67. The van der Waals surface area contributed by atoms with E-state index in [0.717, 1.165) is 0 Å². The molecule has 11 heavy (non-hydrogen) atoms. The van der Waals surface area contributed by atoms with E-state index in [-0.39, 0.29) is 16.7 Å². The molecule has 0 N–H and O–H groups in total. The van der Waals surface area contributed by atoms with E-state index in [1.165, 1.54) is 24.3 Å². The first-order chi connectivity index (χ1) is 6.45. The van der Waals surface area contributed by atoms with Crippen molar-refractivity contribution in [3.63, 3.8) is 0 Å². The molecule has 1 rings (SSSR count). The van der Waals surface area contributed by atoms with Crippen LogP contribution in [0, 0.1) is 6.85 Å². The van der Waals surface area contributed by atoms with Crippen LogP contribution in [0.15, 0.2) is 24.3 Å². The van der Waals surface area contributed by atoms with Gasteiger partial charge in [-0.3, -0.25) is 4.79 Å². The Hall–Kier alpha value is -0.630. The summed E-state index contributed by atoms with van der Waals surface area (Å²) in [6, 6.07) is 5.99. The largest absolute Gasteiger partial charge is 0.293 e. The maximum absolute atomic E-state index is 11.2. The van der Waals surface area contributed by atoms with E-state index in [0.29, 0.717) is 5.56 Å². The number of carbonyl (C=O) groups excluding carboxylic acids is 1. The molecule has 0 spiro atoms. The third kappa shape index (κ3) is 2.15. The summed E-state index contributed by atoms with van der Waals surface area (Å²) in [7, 11) is 0. The Kier molecular flexibility index (Phi) is 1.70. The molecule has 0 amide bonds. The number of rotatable bonds is 2. The highest BCUT2D eigenvalue weighted by atomic mass is 79.9. The van der Waals surface area contributed by atoms with Crippen molar-refractivity contribution in [2.45, 2.75) is 6.85 Å². The van der Waals surface area contributed by atoms with Crippen molar-refractivity contribution in [3.8, 4) is 0 Å². The molecule has 0 radical (unpaired) electrons. The molecular formula is C9H9BrO. The average Bonchev–Trinajstić information content (AvgIpc) is 2.15. The van der Waals surface area contributed by atoms with Gasteiger partial charge in [0.15, 0.2) is 5.78 Å². The van der Waals surface area contributed by atoms with E-state index < -0.39 is 6.85 Å². The molecule has 2 heteroatoms. The Morgan fingerprint density at radius 1 is 1.55 bits per heavy atom. The summed E-state index contributed by atoms with van der Waals surface area (Å²) in [6.45, 7) is -2.10. The van der Waals surface area contributed by atoms with Crippen LogP contribution in [0.5, 0.6) is 0 Å². The van der Waals surface area contributed by atoms with Gasteiger partial charge in [-0.1, -0.05) is 45.8 Å². The number of hydrogen-bond donors (Lipinski definition) is 0. The average molecular weight is 216 g/mol. The molecule has 0 atom stereocenters. The van der Waals surface area contributed by atoms with Crippen molar-refractivity contribution < 1.29 is 8.91 Å². The van der Waals surface area contributed by atoms with Gasteiger partial charge in [0.2, 0.25) is 0 Å². The normalized spacial score (nSPS) is 14.8. The van der Waals surface area contributed by atoms with Gasteiger partial charge in [-0.25, -0.2) is 0 Å². The van der Waals surface area contributed by atoms with Gasteiger partial charge in [0.1, 0.15) is 0 Å². The van der Waals surface area contributed by atoms with Gasteiger partial charge in [0, 0.05) is 9.68 Å². The lowest BCUT2D eigenvalue weighted by Gasteiger charge is -1.96. The van der Waals surface area contributed by atoms with Crippen LogP contribution in [0.3, 0.4) is 0 Å². The minimum absolute atomic E-state index is 0.0536. The van der Waals surface area contributed by atoms with Gasteiger partial charge >= 0.3 is 0 Å². The summed E-state index contributed by atoms with van der Waals surface area (Å²) in [5, 5.41) is 0.250. The van der Waals surface area contributed by atoms with Crippen molar-refractivity contribution in [1.29, 1.82) is 0 Å². The molecule has 1 nitrogen and oxygen atoms in total. The molecule has 0 saturated heterocycles. The third-order valence-corrected chi connectivity index (χ3v) is 1.84. The monoisotopic (exact) mass is 215 g/mol. The Labute approximate surface area is 78.8 Å². The quantitative estimate of drug-likeness (QED) is 0.548. The van der Waals surface area contributed by atoms with Gasteiger partial charge in [-0.2, -0.15) is 0 Å². The van der Waals surface area contributed by atoms with Crippen LogP contribution in [0.4, 0.5) is 0 Å². The Morgan fingerprint density at radius 2 is 2.18 bits per heavy atom. The van der Waals surface area contributed by atoms with Crippen LogP contribution < -0.4 is 0 Å². The van der Waals surface area contributed by atoms with Crippen LogP contribution >= 0.6 is 15.9 Å². The van der Waals surface area contributed by atoms with Crippen molar-refractivity contribution in [2.75, 3.05) is 5.33 Å². The highest BCUT2D eigenvalue weighted by Gasteiger charge is 2.00.